The van der Waals surface area contributed by atoms with E-state index in [-0.39, 0.29) is 17.6 Å². The van der Waals surface area contributed by atoms with Gasteiger partial charge in [-0.1, -0.05) is 30.3 Å². The molecular formula is C22H29NO5. The van der Waals surface area contributed by atoms with Crippen molar-refractivity contribution in [2.75, 3.05) is 32.9 Å². The van der Waals surface area contributed by atoms with Crippen LogP contribution in [0.2, 0.25) is 0 Å². The van der Waals surface area contributed by atoms with Crippen molar-refractivity contribution in [2.24, 2.45) is 5.41 Å². The number of likely N-dealkylation sites (tertiary alicyclic amines) is 1. The lowest BCUT2D eigenvalue weighted by Crippen LogP contribution is -2.51. The molecule has 28 heavy (non-hydrogen) atoms. The summed E-state index contributed by atoms with van der Waals surface area (Å²) in [5, 5.41) is 0. The molecule has 2 aliphatic rings. The fourth-order valence-corrected chi connectivity index (χ4v) is 3.95. The van der Waals surface area contributed by atoms with Crippen LogP contribution in [0.25, 0.3) is 0 Å². The average Bonchev–Trinajstić information content (AvgIpc) is 2.73. The Bertz CT molecular complexity index is 730. The largest absolute Gasteiger partial charge is 0.491 e. The zero-order chi connectivity index (χ0) is 20.0. The third-order valence-corrected chi connectivity index (χ3v) is 5.47. The van der Waals surface area contributed by atoms with Gasteiger partial charge in [0, 0.05) is 13.1 Å². The second-order valence-electron chi connectivity index (χ2n) is 7.40. The molecule has 1 atom stereocenters. The zero-order valence-corrected chi connectivity index (χ0v) is 16.7. The van der Waals surface area contributed by atoms with Crippen molar-refractivity contribution in [3.63, 3.8) is 0 Å². The molecule has 1 amide bonds. The van der Waals surface area contributed by atoms with Crippen LogP contribution in [-0.4, -0.2) is 49.7 Å². The maximum Gasteiger partial charge on any atom is 0.313 e. The molecule has 1 fully saturated rings. The van der Waals surface area contributed by atoms with Gasteiger partial charge < -0.3 is 19.1 Å². The zero-order valence-electron chi connectivity index (χ0n) is 16.7. The first-order valence-corrected chi connectivity index (χ1v) is 10.0. The van der Waals surface area contributed by atoms with E-state index in [0.717, 1.165) is 19.3 Å². The molecule has 0 spiro atoms. The van der Waals surface area contributed by atoms with Gasteiger partial charge in [0.2, 0.25) is 5.76 Å². The number of carbonyl (C=O) groups excluding carboxylic acids is 2. The smallest absolute Gasteiger partial charge is 0.313 e. The molecule has 6 nitrogen and oxygen atoms in total. The van der Waals surface area contributed by atoms with Crippen LogP contribution in [-0.2, 0) is 30.2 Å². The highest BCUT2D eigenvalue weighted by Gasteiger charge is 2.45. The van der Waals surface area contributed by atoms with Gasteiger partial charge in [-0.3, -0.25) is 9.59 Å². The molecular weight excluding hydrogens is 358 g/mol. The minimum absolute atomic E-state index is 0.203. The number of benzene rings is 1. The second kappa shape index (κ2) is 9.13. The number of nitrogens with zero attached hydrogens (tertiary/aromatic N) is 1. The monoisotopic (exact) mass is 387 g/mol. The van der Waals surface area contributed by atoms with E-state index in [4.69, 9.17) is 14.2 Å². The summed E-state index contributed by atoms with van der Waals surface area (Å²) in [5.74, 6) is 0.349. The van der Waals surface area contributed by atoms with Crippen molar-refractivity contribution in [1.29, 1.82) is 0 Å². The fourth-order valence-electron chi connectivity index (χ4n) is 3.95. The minimum Gasteiger partial charge on any atom is -0.491 e. The summed E-state index contributed by atoms with van der Waals surface area (Å²) in [6, 6.07) is 10.1. The Labute approximate surface area is 166 Å². The van der Waals surface area contributed by atoms with Gasteiger partial charge in [0.05, 0.1) is 12.0 Å². The summed E-state index contributed by atoms with van der Waals surface area (Å²) in [7, 11) is 0. The average molecular weight is 387 g/mol. The van der Waals surface area contributed by atoms with Crippen molar-refractivity contribution in [3.8, 4) is 0 Å². The number of esters is 1. The molecule has 2 aliphatic heterocycles. The van der Waals surface area contributed by atoms with E-state index in [1.54, 1.807) is 11.8 Å². The summed E-state index contributed by atoms with van der Waals surface area (Å²) in [4.78, 5) is 27.7. The van der Waals surface area contributed by atoms with Gasteiger partial charge in [0.25, 0.3) is 5.91 Å². The Morgan fingerprint density at radius 1 is 1.18 bits per heavy atom. The van der Waals surface area contributed by atoms with Crippen LogP contribution in [0.5, 0.6) is 0 Å². The lowest BCUT2D eigenvalue weighted by atomic mass is 9.75. The van der Waals surface area contributed by atoms with Crippen molar-refractivity contribution >= 4 is 11.9 Å². The number of aryl methyl sites for hydroxylation is 1. The number of allylic oxidation sites excluding steroid dienone is 1. The Balaban J connectivity index is 1.78. The quantitative estimate of drug-likeness (QED) is 0.702. The van der Waals surface area contributed by atoms with Gasteiger partial charge in [-0.25, -0.2) is 0 Å². The highest BCUT2D eigenvalue weighted by atomic mass is 16.6. The Morgan fingerprint density at radius 3 is 2.64 bits per heavy atom. The minimum atomic E-state index is -0.691. The van der Waals surface area contributed by atoms with Crippen LogP contribution in [0.1, 0.15) is 38.7 Å². The van der Waals surface area contributed by atoms with E-state index < -0.39 is 5.41 Å². The topological polar surface area (TPSA) is 65.1 Å². The molecule has 152 valence electrons. The number of piperidine rings is 1. The number of hydrogen-bond acceptors (Lipinski definition) is 5. The molecule has 1 saturated heterocycles. The van der Waals surface area contributed by atoms with Crippen LogP contribution in [0.15, 0.2) is 41.9 Å². The summed E-state index contributed by atoms with van der Waals surface area (Å²) in [6.45, 7) is 5.65. The SMILES string of the molecule is CCOC(=O)[C@@]1(CCc2ccccc2)CCCN(C(=O)C2=C(C)OCCO2)C1. The van der Waals surface area contributed by atoms with Gasteiger partial charge in [-0.2, -0.15) is 0 Å². The van der Waals surface area contributed by atoms with Crippen molar-refractivity contribution in [1.82, 2.24) is 4.90 Å². The number of rotatable bonds is 6. The molecule has 2 heterocycles. The van der Waals surface area contributed by atoms with Gasteiger partial charge in [-0.15, -0.1) is 0 Å². The van der Waals surface area contributed by atoms with E-state index in [2.05, 4.69) is 12.1 Å². The van der Waals surface area contributed by atoms with E-state index in [1.165, 1.54) is 5.56 Å². The van der Waals surface area contributed by atoms with E-state index >= 15 is 0 Å². The molecule has 0 aliphatic carbocycles. The molecule has 1 aromatic carbocycles. The highest BCUT2D eigenvalue weighted by molar-refractivity contribution is 5.92. The van der Waals surface area contributed by atoms with Gasteiger partial charge in [-0.05, 0) is 45.1 Å². The first-order chi connectivity index (χ1) is 13.6. The molecule has 0 unspecified atom stereocenters. The van der Waals surface area contributed by atoms with Crippen molar-refractivity contribution in [2.45, 2.75) is 39.5 Å². The number of amides is 1. The van der Waals surface area contributed by atoms with Crippen molar-refractivity contribution in [3.05, 3.63) is 47.4 Å². The van der Waals surface area contributed by atoms with E-state index in [1.807, 2.05) is 25.1 Å². The summed E-state index contributed by atoms with van der Waals surface area (Å²) >= 11 is 0. The predicted molar refractivity (Wildman–Crippen MR) is 104 cm³/mol. The van der Waals surface area contributed by atoms with Crippen LogP contribution >= 0.6 is 0 Å². The van der Waals surface area contributed by atoms with Gasteiger partial charge in [0.15, 0.2) is 0 Å². The first-order valence-electron chi connectivity index (χ1n) is 10.0. The van der Waals surface area contributed by atoms with Crippen LogP contribution in [0.3, 0.4) is 0 Å². The summed E-state index contributed by atoms with van der Waals surface area (Å²) in [5.41, 5.74) is 0.487. The Hall–Kier alpha value is -2.50. The maximum atomic E-state index is 13.0. The molecule has 1 aromatic rings. The lowest BCUT2D eigenvalue weighted by molar-refractivity contribution is -0.161. The van der Waals surface area contributed by atoms with Gasteiger partial charge in [0.1, 0.15) is 19.0 Å². The van der Waals surface area contributed by atoms with Crippen LogP contribution < -0.4 is 0 Å². The molecule has 0 N–H and O–H groups in total. The Kier molecular flexibility index (Phi) is 6.60. The number of hydrogen-bond donors (Lipinski definition) is 0. The van der Waals surface area contributed by atoms with Crippen molar-refractivity contribution < 1.29 is 23.8 Å². The summed E-state index contributed by atoms with van der Waals surface area (Å²) in [6.07, 6.45) is 2.89. The molecule has 6 heteroatoms. The predicted octanol–water partition coefficient (Wildman–Crippen LogP) is 3.07. The van der Waals surface area contributed by atoms with Gasteiger partial charge >= 0.3 is 5.97 Å². The van der Waals surface area contributed by atoms with E-state index in [0.29, 0.717) is 45.1 Å². The Morgan fingerprint density at radius 2 is 1.93 bits per heavy atom. The third-order valence-electron chi connectivity index (χ3n) is 5.47. The molecule has 0 radical (unpaired) electrons. The normalized spacial score (nSPS) is 22.3. The summed E-state index contributed by atoms with van der Waals surface area (Å²) < 4.78 is 16.4. The standard InChI is InChI=1S/C22H29NO5/c1-3-26-21(25)22(12-10-18-8-5-4-6-9-18)11-7-13-23(16-22)20(24)19-17(2)27-14-15-28-19/h4-6,8-9H,3,7,10-16H2,1-2H3/t22-/m1/s1. The molecule has 3 rings (SSSR count). The first kappa shape index (κ1) is 20.2. The fraction of sp³-hybridized carbons (Fsp3) is 0.545. The van der Waals surface area contributed by atoms with Crippen LogP contribution in [0, 0.1) is 5.41 Å². The van der Waals surface area contributed by atoms with Crippen LogP contribution in [0.4, 0.5) is 0 Å². The van der Waals surface area contributed by atoms with E-state index in [9.17, 15) is 9.59 Å². The molecule has 0 bridgehead atoms. The maximum absolute atomic E-state index is 13.0. The number of carbonyl (C=O) groups is 2. The second-order valence-corrected chi connectivity index (χ2v) is 7.40. The third kappa shape index (κ3) is 4.49. The lowest BCUT2D eigenvalue weighted by Gasteiger charge is -2.41. The highest BCUT2D eigenvalue weighted by Crippen LogP contribution is 2.37. The molecule has 0 aromatic heterocycles. The molecule has 0 saturated carbocycles. The number of ether oxygens (including phenoxy) is 3.